The van der Waals surface area contributed by atoms with E-state index in [0.29, 0.717) is 23.2 Å². The third kappa shape index (κ3) is 3.16. The van der Waals surface area contributed by atoms with E-state index in [1.165, 1.54) is 6.07 Å². The van der Waals surface area contributed by atoms with Crippen molar-refractivity contribution in [2.24, 2.45) is 0 Å². The first-order valence-electron chi connectivity index (χ1n) is 7.89. The molecule has 1 aromatic heterocycles. The van der Waals surface area contributed by atoms with Gasteiger partial charge < -0.3 is 4.57 Å². The number of rotatable bonds is 3. The maximum atomic E-state index is 14.2. The zero-order valence-electron chi connectivity index (χ0n) is 14.0. The Morgan fingerprint density at radius 1 is 0.920 bits per heavy atom. The van der Waals surface area contributed by atoms with Crippen molar-refractivity contribution in [2.75, 3.05) is 0 Å². The average molecular weight is 329 g/mol. The van der Waals surface area contributed by atoms with Gasteiger partial charge in [-0.25, -0.2) is 4.39 Å². The number of benzene rings is 2. The van der Waals surface area contributed by atoms with Crippen LogP contribution in [0.15, 0.2) is 48.5 Å². The van der Waals surface area contributed by atoms with Crippen LogP contribution >= 0.6 is 0 Å². The standard InChI is InChI=1S/C21H16FN3/c1-14-9-20(18-6-3-16(11-23)4-7-18)15(2)25(14)13-19-8-5-17(12-24)10-21(19)22/h3-10H,13H2,1-2H3. The number of nitrogens with zero attached hydrogens (tertiary/aromatic N) is 3. The highest BCUT2D eigenvalue weighted by Gasteiger charge is 2.13. The number of aryl methyl sites for hydroxylation is 1. The zero-order valence-corrected chi connectivity index (χ0v) is 14.0. The highest BCUT2D eigenvalue weighted by molar-refractivity contribution is 5.68. The number of hydrogen-bond acceptors (Lipinski definition) is 2. The molecule has 0 aliphatic heterocycles. The normalized spacial score (nSPS) is 10.3. The third-order valence-corrected chi connectivity index (χ3v) is 4.41. The molecule has 3 rings (SSSR count). The molecule has 0 N–H and O–H groups in total. The van der Waals surface area contributed by atoms with Crippen LogP contribution in [-0.4, -0.2) is 4.57 Å². The summed E-state index contributed by atoms with van der Waals surface area (Å²) in [6.07, 6.45) is 0. The minimum absolute atomic E-state index is 0.320. The van der Waals surface area contributed by atoms with E-state index in [0.717, 1.165) is 22.5 Å². The number of aromatic nitrogens is 1. The summed E-state index contributed by atoms with van der Waals surface area (Å²) in [5.74, 6) is -0.369. The van der Waals surface area contributed by atoms with Gasteiger partial charge in [-0.05, 0) is 49.7 Å². The van der Waals surface area contributed by atoms with E-state index in [1.807, 2.05) is 32.0 Å². The van der Waals surface area contributed by atoms with Crippen molar-refractivity contribution in [1.29, 1.82) is 10.5 Å². The number of hydrogen-bond donors (Lipinski definition) is 0. The summed E-state index contributed by atoms with van der Waals surface area (Å²) < 4.78 is 16.3. The predicted molar refractivity (Wildman–Crippen MR) is 94.3 cm³/mol. The van der Waals surface area contributed by atoms with Crippen molar-refractivity contribution in [3.63, 3.8) is 0 Å². The molecule has 0 aliphatic carbocycles. The molecule has 0 spiro atoms. The lowest BCUT2D eigenvalue weighted by atomic mass is 10.0. The van der Waals surface area contributed by atoms with Gasteiger partial charge in [0.15, 0.2) is 0 Å². The predicted octanol–water partition coefficient (Wildman–Crippen LogP) is 4.70. The van der Waals surface area contributed by atoms with Crippen LogP contribution in [0.4, 0.5) is 4.39 Å². The molecular weight excluding hydrogens is 313 g/mol. The molecule has 0 amide bonds. The highest BCUT2D eigenvalue weighted by Crippen LogP contribution is 2.28. The fourth-order valence-corrected chi connectivity index (χ4v) is 2.98. The van der Waals surface area contributed by atoms with Crippen LogP contribution in [0.2, 0.25) is 0 Å². The summed E-state index contributed by atoms with van der Waals surface area (Å²) in [7, 11) is 0. The van der Waals surface area contributed by atoms with Gasteiger partial charge in [0.25, 0.3) is 0 Å². The molecule has 2 aromatic carbocycles. The Hall–Kier alpha value is -3.37. The van der Waals surface area contributed by atoms with Crippen LogP contribution in [0.25, 0.3) is 11.1 Å². The molecule has 0 bridgehead atoms. The molecule has 122 valence electrons. The Morgan fingerprint density at radius 3 is 2.16 bits per heavy atom. The minimum Gasteiger partial charge on any atom is -0.344 e. The molecule has 0 saturated carbocycles. The Morgan fingerprint density at radius 2 is 1.56 bits per heavy atom. The second-order valence-corrected chi connectivity index (χ2v) is 5.98. The van der Waals surface area contributed by atoms with Gasteiger partial charge in [0.05, 0.1) is 29.8 Å². The SMILES string of the molecule is Cc1cc(-c2ccc(C#N)cc2)c(C)n1Cc1ccc(C#N)cc1F. The van der Waals surface area contributed by atoms with Crippen LogP contribution in [0.5, 0.6) is 0 Å². The molecule has 0 aliphatic rings. The zero-order chi connectivity index (χ0) is 18.0. The van der Waals surface area contributed by atoms with Crippen LogP contribution in [0.3, 0.4) is 0 Å². The van der Waals surface area contributed by atoms with E-state index in [-0.39, 0.29) is 5.82 Å². The molecule has 3 aromatic rings. The fourth-order valence-electron chi connectivity index (χ4n) is 2.98. The van der Waals surface area contributed by atoms with Gasteiger partial charge in [0, 0.05) is 22.5 Å². The topological polar surface area (TPSA) is 52.5 Å². The smallest absolute Gasteiger partial charge is 0.129 e. The minimum atomic E-state index is -0.369. The highest BCUT2D eigenvalue weighted by atomic mass is 19.1. The van der Waals surface area contributed by atoms with E-state index in [9.17, 15) is 4.39 Å². The molecule has 4 heteroatoms. The molecule has 1 heterocycles. The first-order chi connectivity index (χ1) is 12.0. The van der Waals surface area contributed by atoms with E-state index in [2.05, 4.69) is 16.7 Å². The monoisotopic (exact) mass is 329 g/mol. The van der Waals surface area contributed by atoms with E-state index in [4.69, 9.17) is 10.5 Å². The maximum absolute atomic E-state index is 14.2. The largest absolute Gasteiger partial charge is 0.344 e. The van der Waals surface area contributed by atoms with Gasteiger partial charge in [-0.15, -0.1) is 0 Å². The molecule has 0 atom stereocenters. The second kappa shape index (κ2) is 6.63. The lowest BCUT2D eigenvalue weighted by molar-refractivity contribution is 0.595. The maximum Gasteiger partial charge on any atom is 0.129 e. The lowest BCUT2D eigenvalue weighted by Crippen LogP contribution is -2.06. The summed E-state index contributed by atoms with van der Waals surface area (Å²) in [5.41, 5.74) is 5.64. The van der Waals surface area contributed by atoms with Crippen LogP contribution < -0.4 is 0 Å². The third-order valence-electron chi connectivity index (χ3n) is 4.41. The molecule has 0 fully saturated rings. The van der Waals surface area contributed by atoms with Crippen molar-refractivity contribution in [2.45, 2.75) is 20.4 Å². The molecular formula is C21H16FN3. The summed E-state index contributed by atoms with van der Waals surface area (Å²) in [6, 6.07) is 18.1. The Bertz CT molecular complexity index is 1020. The molecule has 3 nitrogen and oxygen atoms in total. The van der Waals surface area contributed by atoms with Gasteiger partial charge in [-0.3, -0.25) is 0 Å². The summed E-state index contributed by atoms with van der Waals surface area (Å²) in [5, 5.41) is 17.8. The van der Waals surface area contributed by atoms with Crippen LogP contribution in [0, 0.1) is 42.3 Å². The van der Waals surface area contributed by atoms with E-state index < -0.39 is 0 Å². The summed E-state index contributed by atoms with van der Waals surface area (Å²) >= 11 is 0. The van der Waals surface area contributed by atoms with Crippen molar-refractivity contribution < 1.29 is 4.39 Å². The molecule has 0 unspecified atom stereocenters. The number of halogens is 1. The lowest BCUT2D eigenvalue weighted by Gasteiger charge is -2.11. The molecule has 0 radical (unpaired) electrons. The quantitative estimate of drug-likeness (QED) is 0.699. The summed E-state index contributed by atoms with van der Waals surface area (Å²) in [6.45, 7) is 4.40. The van der Waals surface area contributed by atoms with Gasteiger partial charge in [0.2, 0.25) is 0 Å². The Balaban J connectivity index is 1.97. The first kappa shape index (κ1) is 16.5. The first-order valence-corrected chi connectivity index (χ1v) is 7.89. The molecule has 25 heavy (non-hydrogen) atoms. The molecule has 0 saturated heterocycles. The fraction of sp³-hybridized carbons (Fsp3) is 0.143. The Labute approximate surface area is 146 Å². The van der Waals surface area contributed by atoms with Crippen molar-refractivity contribution >= 4 is 0 Å². The second-order valence-electron chi connectivity index (χ2n) is 5.98. The van der Waals surface area contributed by atoms with Crippen molar-refractivity contribution in [3.05, 3.63) is 82.4 Å². The van der Waals surface area contributed by atoms with Gasteiger partial charge >= 0.3 is 0 Å². The van der Waals surface area contributed by atoms with E-state index in [1.54, 1.807) is 24.3 Å². The Kier molecular flexibility index (Phi) is 4.37. The van der Waals surface area contributed by atoms with E-state index >= 15 is 0 Å². The van der Waals surface area contributed by atoms with Gasteiger partial charge in [-0.2, -0.15) is 10.5 Å². The van der Waals surface area contributed by atoms with Crippen LogP contribution in [0.1, 0.15) is 28.1 Å². The van der Waals surface area contributed by atoms with Gasteiger partial charge in [0.1, 0.15) is 5.82 Å². The van der Waals surface area contributed by atoms with Crippen molar-refractivity contribution in [3.8, 4) is 23.3 Å². The van der Waals surface area contributed by atoms with Gasteiger partial charge in [-0.1, -0.05) is 18.2 Å². The number of nitriles is 2. The van der Waals surface area contributed by atoms with Crippen molar-refractivity contribution in [1.82, 2.24) is 4.57 Å². The summed E-state index contributed by atoms with van der Waals surface area (Å²) in [4.78, 5) is 0. The average Bonchev–Trinajstić information content (AvgIpc) is 2.91. The van der Waals surface area contributed by atoms with Crippen LogP contribution in [-0.2, 0) is 6.54 Å².